The van der Waals surface area contributed by atoms with Crippen molar-refractivity contribution in [2.75, 3.05) is 41.3 Å². The van der Waals surface area contributed by atoms with E-state index in [1.807, 2.05) is 0 Å². The largest absolute Gasteiger partial charge is 0.354 e. The average molecular weight is 292 g/mol. The van der Waals surface area contributed by atoms with E-state index in [0.29, 0.717) is 12.0 Å². The molecule has 118 valence electrons. The first-order valence-corrected chi connectivity index (χ1v) is 8.21. The minimum Gasteiger partial charge on any atom is -0.354 e. The van der Waals surface area contributed by atoms with E-state index in [2.05, 4.69) is 52.8 Å². The van der Waals surface area contributed by atoms with Gasteiger partial charge >= 0.3 is 0 Å². The van der Waals surface area contributed by atoms with Crippen LogP contribution in [0.25, 0.3) is 0 Å². The molecule has 2 heterocycles. The summed E-state index contributed by atoms with van der Waals surface area (Å²) in [5.74, 6) is 2.29. The third-order valence-electron chi connectivity index (χ3n) is 4.00. The van der Waals surface area contributed by atoms with Gasteiger partial charge in [0.15, 0.2) is 0 Å². The molecule has 1 aliphatic heterocycles. The molecule has 0 radical (unpaired) electrons. The van der Waals surface area contributed by atoms with E-state index in [4.69, 9.17) is 4.98 Å². The van der Waals surface area contributed by atoms with E-state index < -0.39 is 0 Å². The normalized spacial score (nSPS) is 18.1. The first-order valence-electron chi connectivity index (χ1n) is 8.21. The van der Waals surface area contributed by atoms with Gasteiger partial charge in [-0.2, -0.15) is 15.0 Å². The van der Waals surface area contributed by atoms with E-state index >= 15 is 0 Å². The Morgan fingerprint density at radius 3 is 2.52 bits per heavy atom. The van der Waals surface area contributed by atoms with Gasteiger partial charge < -0.3 is 15.1 Å². The maximum absolute atomic E-state index is 4.71. The summed E-state index contributed by atoms with van der Waals surface area (Å²) in [7, 11) is 0. The second-order valence-corrected chi connectivity index (χ2v) is 5.54. The van der Waals surface area contributed by atoms with Gasteiger partial charge in [-0.15, -0.1) is 0 Å². The van der Waals surface area contributed by atoms with Crippen LogP contribution in [0.1, 0.15) is 47.0 Å². The van der Waals surface area contributed by atoms with Crippen molar-refractivity contribution in [2.45, 2.75) is 53.0 Å². The van der Waals surface area contributed by atoms with Crippen LogP contribution in [0.4, 0.5) is 17.8 Å². The van der Waals surface area contributed by atoms with Crippen molar-refractivity contribution in [3.05, 3.63) is 0 Å². The van der Waals surface area contributed by atoms with Crippen molar-refractivity contribution in [3.63, 3.8) is 0 Å². The predicted molar refractivity (Wildman–Crippen MR) is 88.2 cm³/mol. The molecule has 1 N–H and O–H groups in total. The number of hydrogen-bond acceptors (Lipinski definition) is 6. The number of nitrogens with one attached hydrogen (secondary N) is 1. The Labute approximate surface area is 128 Å². The fourth-order valence-electron chi connectivity index (χ4n) is 2.68. The van der Waals surface area contributed by atoms with Crippen molar-refractivity contribution >= 4 is 17.8 Å². The highest BCUT2D eigenvalue weighted by Gasteiger charge is 2.24. The lowest BCUT2D eigenvalue weighted by atomic mass is 10.2. The van der Waals surface area contributed by atoms with Crippen molar-refractivity contribution in [1.82, 2.24) is 15.0 Å². The van der Waals surface area contributed by atoms with Gasteiger partial charge in [0.1, 0.15) is 0 Å². The zero-order chi connectivity index (χ0) is 15.2. The highest BCUT2D eigenvalue weighted by Crippen LogP contribution is 2.24. The van der Waals surface area contributed by atoms with Gasteiger partial charge in [0, 0.05) is 32.2 Å². The minimum atomic E-state index is 0.510. The Morgan fingerprint density at radius 1 is 1.19 bits per heavy atom. The van der Waals surface area contributed by atoms with Crippen LogP contribution in [0.2, 0.25) is 0 Å². The summed E-state index contributed by atoms with van der Waals surface area (Å²) in [5.41, 5.74) is 0. The Balaban J connectivity index is 2.31. The zero-order valence-electron chi connectivity index (χ0n) is 13.8. The molecule has 1 saturated heterocycles. The van der Waals surface area contributed by atoms with Gasteiger partial charge in [-0.1, -0.05) is 6.92 Å². The highest BCUT2D eigenvalue weighted by atomic mass is 15.4. The molecule has 21 heavy (non-hydrogen) atoms. The Bertz CT molecular complexity index is 446. The molecule has 0 aromatic carbocycles. The molecule has 0 amide bonds. The third-order valence-corrected chi connectivity index (χ3v) is 4.00. The standard InChI is InChI=1S/C15H28N6/c1-5-10-16-13-17-14(20(6-2)7-3)19-15(18-13)21-11-8-9-12(21)4/h12H,5-11H2,1-4H3,(H,16,17,18,19). The SMILES string of the molecule is CCCNc1nc(N(CC)CC)nc(N2CCCC2C)n1. The molecular weight excluding hydrogens is 264 g/mol. The molecule has 0 saturated carbocycles. The van der Waals surface area contributed by atoms with E-state index in [1.54, 1.807) is 0 Å². The van der Waals surface area contributed by atoms with Gasteiger partial charge in [-0.25, -0.2) is 0 Å². The van der Waals surface area contributed by atoms with Gasteiger partial charge in [0.25, 0.3) is 0 Å². The summed E-state index contributed by atoms with van der Waals surface area (Å²) in [6.45, 7) is 12.4. The first-order chi connectivity index (χ1) is 10.2. The second-order valence-electron chi connectivity index (χ2n) is 5.54. The van der Waals surface area contributed by atoms with Crippen LogP contribution in [-0.2, 0) is 0 Å². The van der Waals surface area contributed by atoms with Gasteiger partial charge in [-0.3, -0.25) is 0 Å². The summed E-state index contributed by atoms with van der Waals surface area (Å²) < 4.78 is 0. The molecule has 2 rings (SSSR count). The van der Waals surface area contributed by atoms with Gasteiger partial charge in [0.2, 0.25) is 17.8 Å². The molecule has 0 spiro atoms. The average Bonchev–Trinajstić information content (AvgIpc) is 2.92. The van der Waals surface area contributed by atoms with Crippen LogP contribution in [0.15, 0.2) is 0 Å². The van der Waals surface area contributed by atoms with E-state index in [1.165, 1.54) is 12.8 Å². The van der Waals surface area contributed by atoms with Crippen LogP contribution in [0.5, 0.6) is 0 Å². The lowest BCUT2D eigenvalue weighted by Gasteiger charge is -2.25. The number of rotatable bonds is 7. The van der Waals surface area contributed by atoms with E-state index in [9.17, 15) is 0 Å². The molecule has 1 aromatic heterocycles. The van der Waals surface area contributed by atoms with E-state index in [-0.39, 0.29) is 0 Å². The fourth-order valence-corrected chi connectivity index (χ4v) is 2.68. The van der Waals surface area contributed by atoms with Crippen molar-refractivity contribution in [2.24, 2.45) is 0 Å². The van der Waals surface area contributed by atoms with Crippen LogP contribution in [0, 0.1) is 0 Å². The molecule has 0 bridgehead atoms. The molecule has 1 atom stereocenters. The molecule has 6 nitrogen and oxygen atoms in total. The third kappa shape index (κ3) is 3.74. The maximum Gasteiger partial charge on any atom is 0.232 e. The Kier molecular flexibility index (Phi) is 5.59. The summed E-state index contributed by atoms with van der Waals surface area (Å²) in [5, 5.41) is 3.30. The van der Waals surface area contributed by atoms with Crippen LogP contribution >= 0.6 is 0 Å². The lowest BCUT2D eigenvalue weighted by molar-refractivity contribution is 0.709. The predicted octanol–water partition coefficient (Wildman–Crippen LogP) is 2.53. The second kappa shape index (κ2) is 7.43. The molecule has 1 unspecified atom stereocenters. The summed E-state index contributed by atoms with van der Waals surface area (Å²) >= 11 is 0. The summed E-state index contributed by atoms with van der Waals surface area (Å²) in [6, 6.07) is 0.510. The van der Waals surface area contributed by atoms with Crippen LogP contribution in [-0.4, -0.2) is 47.2 Å². The molecule has 1 aromatic rings. The molecule has 1 aliphatic rings. The van der Waals surface area contributed by atoms with Crippen LogP contribution in [0.3, 0.4) is 0 Å². The molecule has 1 fully saturated rings. The lowest BCUT2D eigenvalue weighted by Crippen LogP contribution is -2.31. The van der Waals surface area contributed by atoms with E-state index in [0.717, 1.165) is 44.5 Å². The number of anilines is 3. The molecule has 0 aliphatic carbocycles. The minimum absolute atomic E-state index is 0.510. The quantitative estimate of drug-likeness (QED) is 0.833. The fraction of sp³-hybridized carbons (Fsp3) is 0.800. The Morgan fingerprint density at radius 2 is 1.95 bits per heavy atom. The van der Waals surface area contributed by atoms with Crippen molar-refractivity contribution in [1.29, 1.82) is 0 Å². The van der Waals surface area contributed by atoms with Crippen LogP contribution < -0.4 is 15.1 Å². The number of hydrogen-bond donors (Lipinski definition) is 1. The number of aromatic nitrogens is 3. The van der Waals surface area contributed by atoms with Crippen molar-refractivity contribution in [3.8, 4) is 0 Å². The topological polar surface area (TPSA) is 57.2 Å². The Hall–Kier alpha value is -1.59. The summed E-state index contributed by atoms with van der Waals surface area (Å²) in [6.07, 6.45) is 3.48. The monoisotopic (exact) mass is 292 g/mol. The summed E-state index contributed by atoms with van der Waals surface area (Å²) in [4.78, 5) is 18.4. The smallest absolute Gasteiger partial charge is 0.232 e. The zero-order valence-corrected chi connectivity index (χ0v) is 13.8. The van der Waals surface area contributed by atoms with Crippen molar-refractivity contribution < 1.29 is 0 Å². The molecular formula is C15H28N6. The van der Waals surface area contributed by atoms with Gasteiger partial charge in [0.05, 0.1) is 0 Å². The van der Waals surface area contributed by atoms with Gasteiger partial charge in [-0.05, 0) is 40.0 Å². The molecule has 6 heteroatoms. The number of nitrogens with zero attached hydrogens (tertiary/aromatic N) is 5. The maximum atomic E-state index is 4.71. The highest BCUT2D eigenvalue weighted by molar-refractivity contribution is 5.46. The first kappa shape index (κ1) is 15.8.